The lowest BCUT2D eigenvalue weighted by atomic mass is 10.0. The van der Waals surface area contributed by atoms with E-state index in [-0.39, 0.29) is 29.3 Å². The minimum atomic E-state index is -1.64. The van der Waals surface area contributed by atoms with Gasteiger partial charge in [0.05, 0.1) is 16.9 Å². The van der Waals surface area contributed by atoms with Gasteiger partial charge in [0.15, 0.2) is 5.92 Å². The normalized spacial score (nSPS) is 11.8. The third-order valence-electron chi connectivity index (χ3n) is 9.46. The molecule has 0 saturated heterocycles. The molecular formula is C44H72N2O9. The van der Waals surface area contributed by atoms with Crippen LogP contribution in [0.25, 0.3) is 0 Å². The summed E-state index contributed by atoms with van der Waals surface area (Å²) in [6, 6.07) is 4.15. The molecule has 1 aromatic carbocycles. The molecule has 0 radical (unpaired) electrons. The summed E-state index contributed by atoms with van der Waals surface area (Å²) in [7, 11) is 0. The molecule has 1 aromatic rings. The second kappa shape index (κ2) is 29.5. The van der Waals surface area contributed by atoms with Crippen LogP contribution in [-0.4, -0.2) is 58.9 Å². The molecule has 1 atom stereocenters. The second-order valence-corrected chi connectivity index (χ2v) is 15.6. The summed E-state index contributed by atoms with van der Waals surface area (Å²) in [5.74, 6) is -4.79. The minimum absolute atomic E-state index is 0.0445. The highest BCUT2D eigenvalue weighted by molar-refractivity contribution is 5.98. The molecule has 1 unspecified atom stereocenters. The molecule has 0 fully saturated rings. The summed E-state index contributed by atoms with van der Waals surface area (Å²) in [6.45, 7) is 13.3. The number of rotatable bonds is 32. The van der Waals surface area contributed by atoms with E-state index in [9.17, 15) is 29.3 Å². The van der Waals surface area contributed by atoms with Gasteiger partial charge in [-0.05, 0) is 45.7 Å². The number of amides is 1. The molecular weight excluding hydrogens is 700 g/mol. The lowest BCUT2D eigenvalue weighted by Gasteiger charge is -2.23. The van der Waals surface area contributed by atoms with Gasteiger partial charge in [-0.15, -0.1) is 0 Å². The Labute approximate surface area is 331 Å². The quantitative estimate of drug-likeness (QED) is 0.0133. The van der Waals surface area contributed by atoms with Crippen LogP contribution in [0.2, 0.25) is 0 Å². The SMILES string of the molecule is C=CCOC(=O)CC(C(=O)OCc1ccc(C(=O)N(CCCCCCCCCCCC)CCCCCCCCCCCC)cc1[N+](=O)[O-])C(=O)OC(C)(C)C. The predicted octanol–water partition coefficient (Wildman–Crippen LogP) is 11.0. The predicted molar refractivity (Wildman–Crippen MR) is 218 cm³/mol. The monoisotopic (exact) mass is 773 g/mol. The average molecular weight is 773 g/mol. The molecule has 0 heterocycles. The third kappa shape index (κ3) is 23.0. The van der Waals surface area contributed by atoms with Gasteiger partial charge in [0.25, 0.3) is 11.6 Å². The van der Waals surface area contributed by atoms with Crippen LogP contribution in [0.4, 0.5) is 5.69 Å². The maximum atomic E-state index is 13.9. The lowest BCUT2D eigenvalue weighted by molar-refractivity contribution is -0.385. The molecule has 1 amide bonds. The zero-order chi connectivity index (χ0) is 40.9. The number of carbonyl (C=O) groups excluding carboxylic acids is 4. The molecule has 0 aliphatic heterocycles. The van der Waals surface area contributed by atoms with Crippen molar-refractivity contribution in [3.63, 3.8) is 0 Å². The van der Waals surface area contributed by atoms with Crippen molar-refractivity contribution in [3.8, 4) is 0 Å². The number of esters is 3. The zero-order valence-electron chi connectivity index (χ0n) is 34.8. The largest absolute Gasteiger partial charge is 0.461 e. The van der Waals surface area contributed by atoms with Crippen molar-refractivity contribution in [3.05, 3.63) is 52.1 Å². The molecule has 0 N–H and O–H groups in total. The fourth-order valence-corrected chi connectivity index (χ4v) is 6.33. The zero-order valence-corrected chi connectivity index (χ0v) is 34.8. The van der Waals surface area contributed by atoms with Crippen LogP contribution in [0.15, 0.2) is 30.9 Å². The molecule has 0 aliphatic carbocycles. The standard InChI is InChI=1S/C44H72N2O9/c1-7-10-12-14-16-18-20-22-24-26-30-45(31-27-25-23-21-19-17-15-13-11-8-2)41(48)36-28-29-37(39(33-36)46(51)52)35-54-42(49)38(34-40(47)53-32-9-3)43(50)55-44(4,5)6/h9,28-29,33,38H,3,7-8,10-27,30-32,34-35H2,1-2,4-6H3. The fraction of sp³-hybridized carbons (Fsp3) is 0.727. The van der Waals surface area contributed by atoms with Crippen molar-refractivity contribution in [1.29, 1.82) is 0 Å². The summed E-state index contributed by atoms with van der Waals surface area (Å²) in [6.07, 6.45) is 24.4. The van der Waals surface area contributed by atoms with E-state index in [1.807, 2.05) is 4.90 Å². The highest BCUT2D eigenvalue weighted by atomic mass is 16.6. The van der Waals surface area contributed by atoms with Crippen LogP contribution in [-0.2, 0) is 35.2 Å². The molecule has 0 aromatic heterocycles. The van der Waals surface area contributed by atoms with Crippen LogP contribution >= 0.6 is 0 Å². The Morgan fingerprint density at radius 1 is 0.745 bits per heavy atom. The van der Waals surface area contributed by atoms with E-state index < -0.39 is 47.4 Å². The van der Waals surface area contributed by atoms with E-state index in [2.05, 4.69) is 20.4 Å². The molecule has 1 rings (SSSR count). The number of nitrogens with zero attached hydrogens (tertiary/aromatic N) is 2. The van der Waals surface area contributed by atoms with E-state index >= 15 is 0 Å². The lowest BCUT2D eigenvalue weighted by Crippen LogP contribution is -2.35. The van der Waals surface area contributed by atoms with Crippen molar-refractivity contribution >= 4 is 29.5 Å². The number of hydrogen-bond acceptors (Lipinski definition) is 9. The van der Waals surface area contributed by atoms with Crippen molar-refractivity contribution in [1.82, 2.24) is 4.90 Å². The van der Waals surface area contributed by atoms with Gasteiger partial charge in [0.2, 0.25) is 0 Å². The van der Waals surface area contributed by atoms with Gasteiger partial charge < -0.3 is 19.1 Å². The molecule has 0 aliphatic rings. The summed E-state index contributed by atoms with van der Waals surface area (Å²) in [4.78, 5) is 65.5. The molecule has 55 heavy (non-hydrogen) atoms. The van der Waals surface area contributed by atoms with Crippen molar-refractivity contribution in [2.75, 3.05) is 19.7 Å². The number of hydrogen-bond donors (Lipinski definition) is 0. The van der Waals surface area contributed by atoms with E-state index in [0.717, 1.165) is 38.5 Å². The molecule has 11 nitrogen and oxygen atoms in total. The molecule has 0 spiro atoms. The number of benzene rings is 1. The molecule has 0 bridgehead atoms. The van der Waals surface area contributed by atoms with Crippen molar-refractivity contribution in [2.24, 2.45) is 5.92 Å². The highest BCUT2D eigenvalue weighted by Crippen LogP contribution is 2.25. The third-order valence-corrected chi connectivity index (χ3v) is 9.46. The topological polar surface area (TPSA) is 142 Å². The van der Waals surface area contributed by atoms with E-state index in [4.69, 9.17) is 14.2 Å². The molecule has 312 valence electrons. The van der Waals surface area contributed by atoms with Crippen LogP contribution in [0, 0.1) is 16.0 Å². The van der Waals surface area contributed by atoms with Gasteiger partial charge >= 0.3 is 17.9 Å². The van der Waals surface area contributed by atoms with E-state index in [1.54, 1.807) is 20.8 Å². The number of unbranched alkanes of at least 4 members (excludes halogenated alkanes) is 18. The van der Waals surface area contributed by atoms with Gasteiger partial charge in [-0.1, -0.05) is 142 Å². The maximum absolute atomic E-state index is 13.9. The van der Waals surface area contributed by atoms with Gasteiger partial charge in [-0.2, -0.15) is 0 Å². The number of ether oxygens (including phenoxy) is 3. The highest BCUT2D eigenvalue weighted by Gasteiger charge is 2.35. The number of carbonyl (C=O) groups is 4. The first-order valence-corrected chi connectivity index (χ1v) is 21.1. The summed E-state index contributed by atoms with van der Waals surface area (Å²) < 4.78 is 15.6. The van der Waals surface area contributed by atoms with Crippen molar-refractivity contribution in [2.45, 2.75) is 182 Å². The Morgan fingerprint density at radius 2 is 1.22 bits per heavy atom. The van der Waals surface area contributed by atoms with E-state index in [1.165, 1.54) is 114 Å². The fourth-order valence-electron chi connectivity index (χ4n) is 6.33. The van der Waals surface area contributed by atoms with Crippen LogP contribution < -0.4 is 0 Å². The van der Waals surface area contributed by atoms with Crippen LogP contribution in [0.5, 0.6) is 0 Å². The van der Waals surface area contributed by atoms with Gasteiger partial charge in [-0.3, -0.25) is 29.3 Å². The summed E-state index contributed by atoms with van der Waals surface area (Å²) in [5, 5.41) is 12.2. The Morgan fingerprint density at radius 3 is 1.65 bits per heavy atom. The Balaban J connectivity index is 2.98. The summed E-state index contributed by atoms with van der Waals surface area (Å²) in [5.41, 5.74) is -1.09. The Bertz CT molecular complexity index is 1270. The number of nitro benzene ring substituents is 1. The van der Waals surface area contributed by atoms with E-state index in [0.29, 0.717) is 13.1 Å². The molecule has 0 saturated carbocycles. The average Bonchev–Trinajstić information content (AvgIpc) is 3.14. The first-order valence-electron chi connectivity index (χ1n) is 21.1. The minimum Gasteiger partial charge on any atom is -0.461 e. The van der Waals surface area contributed by atoms with Gasteiger partial charge in [-0.25, -0.2) is 0 Å². The first kappa shape index (κ1) is 49.3. The van der Waals surface area contributed by atoms with Gasteiger partial charge in [0, 0.05) is 24.7 Å². The number of nitro groups is 1. The molecule has 11 heteroatoms. The first-order chi connectivity index (χ1) is 26.3. The Hall–Kier alpha value is -3.76. The maximum Gasteiger partial charge on any atom is 0.321 e. The van der Waals surface area contributed by atoms with Crippen molar-refractivity contribution < 1.29 is 38.3 Å². The Kier molecular flexibility index (Phi) is 26.4. The van der Waals surface area contributed by atoms with Gasteiger partial charge in [0.1, 0.15) is 18.8 Å². The second-order valence-electron chi connectivity index (χ2n) is 15.6. The summed E-state index contributed by atoms with van der Waals surface area (Å²) >= 11 is 0. The smallest absolute Gasteiger partial charge is 0.321 e. The van der Waals surface area contributed by atoms with Crippen LogP contribution in [0.3, 0.4) is 0 Å². The van der Waals surface area contributed by atoms with Crippen LogP contribution in [0.1, 0.15) is 185 Å².